The molecule has 2 aliphatic rings. The van der Waals surface area contributed by atoms with Crippen LogP contribution in [0.5, 0.6) is 0 Å². The Morgan fingerprint density at radius 1 is 0.792 bits per heavy atom. The summed E-state index contributed by atoms with van der Waals surface area (Å²) in [5.41, 5.74) is 3.60. The second kappa shape index (κ2) is 7.08. The molecule has 1 fully saturated rings. The molecule has 2 aromatic rings. The lowest BCUT2D eigenvalue weighted by Gasteiger charge is -2.21. The van der Waals surface area contributed by atoms with E-state index in [0.717, 1.165) is 23.6 Å². The van der Waals surface area contributed by atoms with Crippen LogP contribution in [0.3, 0.4) is 0 Å². The minimum absolute atomic E-state index is 0.254. The van der Waals surface area contributed by atoms with Crippen LogP contribution in [-0.2, 0) is 0 Å². The Morgan fingerprint density at radius 3 is 2.29 bits per heavy atom. The van der Waals surface area contributed by atoms with Crippen LogP contribution >= 0.6 is 0 Å². The summed E-state index contributed by atoms with van der Waals surface area (Å²) in [4.78, 5) is 5.10. The van der Waals surface area contributed by atoms with Gasteiger partial charge < -0.3 is 10.6 Å². The van der Waals surface area contributed by atoms with Crippen LogP contribution in [0.25, 0.3) is 0 Å². The number of amidine groups is 1. The first-order chi connectivity index (χ1) is 11.9. The van der Waals surface area contributed by atoms with Crippen LogP contribution in [-0.4, -0.2) is 11.9 Å². The highest BCUT2D eigenvalue weighted by Gasteiger charge is 2.22. The zero-order chi connectivity index (χ0) is 16.2. The quantitative estimate of drug-likeness (QED) is 0.779. The fourth-order valence-electron chi connectivity index (χ4n) is 3.76. The number of aliphatic imine (C=N–C) groups is 1. The summed E-state index contributed by atoms with van der Waals surface area (Å²) >= 11 is 0. The van der Waals surface area contributed by atoms with Gasteiger partial charge in [0.05, 0.1) is 23.5 Å². The van der Waals surface area contributed by atoms with Crippen molar-refractivity contribution in [3.05, 3.63) is 60.2 Å². The summed E-state index contributed by atoms with van der Waals surface area (Å²) < 4.78 is 0. The Balaban J connectivity index is 1.65. The SMILES string of the molecule is c1ccc(C2CC(=NC3CCCCC3)Nc3ccccc3N2)cc1. The number of hydrogen-bond donors (Lipinski definition) is 2. The number of hydrogen-bond acceptors (Lipinski definition) is 2. The van der Waals surface area contributed by atoms with Crippen LogP contribution in [0.1, 0.15) is 50.1 Å². The van der Waals surface area contributed by atoms with Gasteiger partial charge in [0.1, 0.15) is 5.84 Å². The number of nitrogens with one attached hydrogen (secondary N) is 2. The second-order valence-electron chi connectivity index (χ2n) is 6.85. The van der Waals surface area contributed by atoms with Gasteiger partial charge in [-0.05, 0) is 30.5 Å². The molecule has 1 heterocycles. The van der Waals surface area contributed by atoms with Gasteiger partial charge in [-0.25, -0.2) is 0 Å². The van der Waals surface area contributed by atoms with Crippen LogP contribution in [0.15, 0.2) is 59.6 Å². The topological polar surface area (TPSA) is 36.4 Å². The molecular formula is C21H25N3. The van der Waals surface area contributed by atoms with E-state index in [1.165, 1.54) is 37.7 Å². The second-order valence-corrected chi connectivity index (χ2v) is 6.85. The molecule has 0 amide bonds. The molecule has 1 unspecified atom stereocenters. The van der Waals surface area contributed by atoms with Crippen molar-refractivity contribution in [1.82, 2.24) is 0 Å². The molecule has 3 nitrogen and oxygen atoms in total. The molecule has 0 bridgehead atoms. The minimum Gasteiger partial charge on any atom is -0.376 e. The average molecular weight is 319 g/mol. The molecule has 4 rings (SSSR count). The van der Waals surface area contributed by atoms with Crippen molar-refractivity contribution in [2.24, 2.45) is 4.99 Å². The molecule has 1 aliphatic carbocycles. The monoisotopic (exact) mass is 319 g/mol. The maximum absolute atomic E-state index is 5.10. The number of para-hydroxylation sites is 2. The lowest BCUT2D eigenvalue weighted by molar-refractivity contribution is 0.442. The molecule has 24 heavy (non-hydrogen) atoms. The van der Waals surface area contributed by atoms with E-state index in [2.05, 4.69) is 65.2 Å². The van der Waals surface area contributed by atoms with E-state index >= 15 is 0 Å². The van der Waals surface area contributed by atoms with Gasteiger partial charge in [0.15, 0.2) is 0 Å². The molecular weight excluding hydrogens is 294 g/mol. The smallest absolute Gasteiger partial charge is 0.103 e. The number of nitrogens with zero attached hydrogens (tertiary/aromatic N) is 1. The number of fused-ring (bicyclic) bond motifs is 1. The van der Waals surface area contributed by atoms with Gasteiger partial charge >= 0.3 is 0 Å². The summed E-state index contributed by atoms with van der Waals surface area (Å²) in [7, 11) is 0. The zero-order valence-electron chi connectivity index (χ0n) is 14.0. The lowest BCUT2D eigenvalue weighted by atomic mass is 9.96. The average Bonchev–Trinajstić information content (AvgIpc) is 2.82. The molecule has 0 saturated heterocycles. The fraction of sp³-hybridized carbons (Fsp3) is 0.381. The minimum atomic E-state index is 0.254. The molecule has 0 radical (unpaired) electrons. The van der Waals surface area contributed by atoms with E-state index in [4.69, 9.17) is 4.99 Å². The highest BCUT2D eigenvalue weighted by molar-refractivity contribution is 6.00. The van der Waals surface area contributed by atoms with Gasteiger partial charge in [0, 0.05) is 6.42 Å². The summed E-state index contributed by atoms with van der Waals surface area (Å²) in [6.07, 6.45) is 7.37. The van der Waals surface area contributed by atoms with Gasteiger partial charge in [-0.15, -0.1) is 0 Å². The van der Waals surface area contributed by atoms with E-state index in [-0.39, 0.29) is 6.04 Å². The largest absolute Gasteiger partial charge is 0.376 e. The summed E-state index contributed by atoms with van der Waals surface area (Å²) in [6.45, 7) is 0. The molecule has 1 saturated carbocycles. The van der Waals surface area contributed by atoms with E-state index in [0.29, 0.717) is 6.04 Å². The fourth-order valence-corrected chi connectivity index (χ4v) is 3.76. The van der Waals surface area contributed by atoms with Gasteiger partial charge in [-0.3, -0.25) is 4.99 Å². The molecule has 3 heteroatoms. The van der Waals surface area contributed by atoms with Gasteiger partial charge in [-0.1, -0.05) is 61.7 Å². The molecule has 1 atom stereocenters. The lowest BCUT2D eigenvalue weighted by Crippen LogP contribution is -2.20. The van der Waals surface area contributed by atoms with Crippen molar-refractivity contribution < 1.29 is 0 Å². The zero-order valence-corrected chi connectivity index (χ0v) is 14.0. The van der Waals surface area contributed by atoms with Crippen LogP contribution in [0.4, 0.5) is 11.4 Å². The molecule has 2 aromatic carbocycles. The number of anilines is 2. The molecule has 0 aromatic heterocycles. The van der Waals surface area contributed by atoms with Crippen LogP contribution in [0, 0.1) is 0 Å². The highest BCUT2D eigenvalue weighted by Crippen LogP contribution is 2.32. The maximum Gasteiger partial charge on any atom is 0.103 e. The van der Waals surface area contributed by atoms with E-state index in [1.54, 1.807) is 0 Å². The van der Waals surface area contributed by atoms with Crippen LogP contribution in [0.2, 0.25) is 0 Å². The Bertz CT molecular complexity index is 702. The third-order valence-electron chi connectivity index (χ3n) is 5.05. The van der Waals surface area contributed by atoms with Crippen molar-refractivity contribution in [3.63, 3.8) is 0 Å². The highest BCUT2D eigenvalue weighted by atomic mass is 15.1. The third-order valence-corrected chi connectivity index (χ3v) is 5.05. The van der Waals surface area contributed by atoms with Gasteiger partial charge in [0.2, 0.25) is 0 Å². The first kappa shape index (κ1) is 15.3. The third kappa shape index (κ3) is 3.45. The molecule has 1 aliphatic heterocycles. The van der Waals surface area contributed by atoms with Gasteiger partial charge in [-0.2, -0.15) is 0 Å². The predicted octanol–water partition coefficient (Wildman–Crippen LogP) is 5.39. The Labute approximate surface area is 144 Å². The van der Waals surface area contributed by atoms with E-state index < -0.39 is 0 Å². The van der Waals surface area contributed by atoms with E-state index in [9.17, 15) is 0 Å². The van der Waals surface area contributed by atoms with Gasteiger partial charge in [0.25, 0.3) is 0 Å². The standard InChI is InChI=1S/C21H25N3/c1-3-9-16(10-4-1)20-15-21(22-17-11-5-2-6-12-17)24-19-14-8-7-13-18(19)23-20/h1,3-4,7-10,13-14,17,20,23H,2,5-6,11-12,15H2,(H,22,24). The predicted molar refractivity (Wildman–Crippen MR) is 102 cm³/mol. The summed E-state index contributed by atoms with van der Waals surface area (Å²) in [5.74, 6) is 1.12. The maximum atomic E-state index is 5.10. The Hall–Kier alpha value is -2.29. The van der Waals surface area contributed by atoms with Crippen molar-refractivity contribution in [2.45, 2.75) is 50.6 Å². The van der Waals surface area contributed by atoms with Crippen molar-refractivity contribution >= 4 is 17.2 Å². The van der Waals surface area contributed by atoms with E-state index in [1.807, 2.05) is 0 Å². The van der Waals surface area contributed by atoms with Crippen molar-refractivity contribution in [2.75, 3.05) is 10.6 Å². The molecule has 2 N–H and O–H groups in total. The first-order valence-corrected chi connectivity index (χ1v) is 9.13. The Morgan fingerprint density at radius 2 is 1.50 bits per heavy atom. The normalized spacial score (nSPS) is 23.0. The van der Waals surface area contributed by atoms with Crippen LogP contribution < -0.4 is 10.6 Å². The Kier molecular flexibility index (Phi) is 4.50. The number of benzene rings is 2. The van der Waals surface area contributed by atoms with Crippen molar-refractivity contribution in [1.29, 1.82) is 0 Å². The number of rotatable bonds is 2. The molecule has 124 valence electrons. The summed E-state index contributed by atoms with van der Waals surface area (Å²) in [6, 6.07) is 19.9. The first-order valence-electron chi connectivity index (χ1n) is 9.13. The van der Waals surface area contributed by atoms with Crippen molar-refractivity contribution in [3.8, 4) is 0 Å². The molecule has 0 spiro atoms. The summed E-state index contributed by atoms with van der Waals surface area (Å²) in [5, 5.41) is 7.29.